The molecule has 2 N–H and O–H groups in total. The highest BCUT2D eigenvalue weighted by Crippen LogP contribution is 1.99. The third-order valence-electron chi connectivity index (χ3n) is 1.82. The van der Waals surface area contributed by atoms with E-state index in [2.05, 4.69) is 10.6 Å². The fourth-order valence-corrected chi connectivity index (χ4v) is 1.05. The Labute approximate surface area is 94.4 Å². The molecule has 0 radical (unpaired) electrons. The lowest BCUT2D eigenvalue weighted by Crippen LogP contribution is -2.33. The summed E-state index contributed by atoms with van der Waals surface area (Å²) in [5.41, 5.74) is 1.00. The van der Waals surface area contributed by atoms with Crippen molar-refractivity contribution in [2.45, 2.75) is 6.92 Å². The molecule has 2 amide bonds. The zero-order valence-corrected chi connectivity index (χ0v) is 9.07. The SMILES string of the molecule is CC(=O)NCC(=O)N/C=C\c1ccccc1. The molecule has 0 spiro atoms. The molecule has 0 atom stereocenters. The van der Waals surface area contributed by atoms with Crippen molar-refractivity contribution in [2.75, 3.05) is 6.54 Å². The van der Waals surface area contributed by atoms with Crippen LogP contribution in [0.4, 0.5) is 0 Å². The van der Waals surface area contributed by atoms with Gasteiger partial charge in [0.25, 0.3) is 0 Å². The number of nitrogens with one attached hydrogen (secondary N) is 2. The zero-order chi connectivity index (χ0) is 11.8. The molecule has 4 heteroatoms. The highest BCUT2D eigenvalue weighted by molar-refractivity contribution is 5.84. The molecule has 0 aliphatic heterocycles. The van der Waals surface area contributed by atoms with Crippen LogP contribution >= 0.6 is 0 Å². The Morgan fingerprint density at radius 3 is 2.56 bits per heavy atom. The summed E-state index contributed by atoms with van der Waals surface area (Å²) in [4.78, 5) is 21.7. The van der Waals surface area contributed by atoms with Crippen LogP contribution in [0.15, 0.2) is 36.5 Å². The predicted molar refractivity (Wildman–Crippen MR) is 62.3 cm³/mol. The smallest absolute Gasteiger partial charge is 0.243 e. The molecule has 16 heavy (non-hydrogen) atoms. The summed E-state index contributed by atoms with van der Waals surface area (Å²) < 4.78 is 0. The molecule has 0 saturated heterocycles. The van der Waals surface area contributed by atoms with E-state index in [1.54, 1.807) is 12.3 Å². The summed E-state index contributed by atoms with van der Waals surface area (Å²) in [5, 5.41) is 4.96. The highest BCUT2D eigenvalue weighted by atomic mass is 16.2. The van der Waals surface area contributed by atoms with Gasteiger partial charge in [-0.2, -0.15) is 0 Å². The zero-order valence-electron chi connectivity index (χ0n) is 9.07. The van der Waals surface area contributed by atoms with Gasteiger partial charge in [-0.25, -0.2) is 0 Å². The Balaban J connectivity index is 2.32. The van der Waals surface area contributed by atoms with Crippen LogP contribution in [-0.2, 0) is 9.59 Å². The van der Waals surface area contributed by atoms with Crippen molar-refractivity contribution in [1.29, 1.82) is 0 Å². The maximum Gasteiger partial charge on any atom is 0.243 e. The summed E-state index contributed by atoms with van der Waals surface area (Å²) in [6.45, 7) is 1.36. The van der Waals surface area contributed by atoms with Gasteiger partial charge in [-0.1, -0.05) is 30.3 Å². The van der Waals surface area contributed by atoms with Gasteiger partial charge in [0.2, 0.25) is 11.8 Å². The third-order valence-corrected chi connectivity index (χ3v) is 1.82. The van der Waals surface area contributed by atoms with E-state index < -0.39 is 0 Å². The van der Waals surface area contributed by atoms with Crippen LogP contribution < -0.4 is 10.6 Å². The van der Waals surface area contributed by atoms with Crippen molar-refractivity contribution in [3.63, 3.8) is 0 Å². The average Bonchev–Trinajstić information content (AvgIpc) is 2.28. The summed E-state index contributed by atoms with van der Waals surface area (Å²) in [5.74, 6) is -0.468. The number of benzene rings is 1. The number of rotatable bonds is 4. The van der Waals surface area contributed by atoms with Crippen LogP contribution in [-0.4, -0.2) is 18.4 Å². The summed E-state index contributed by atoms with van der Waals surface area (Å²) >= 11 is 0. The minimum Gasteiger partial charge on any atom is -0.347 e. The summed E-state index contributed by atoms with van der Waals surface area (Å²) in [6, 6.07) is 9.61. The lowest BCUT2D eigenvalue weighted by atomic mass is 10.2. The predicted octanol–water partition coefficient (Wildman–Crippen LogP) is 0.910. The number of hydrogen-bond donors (Lipinski definition) is 2. The lowest BCUT2D eigenvalue weighted by Gasteiger charge is -2.00. The first-order valence-electron chi connectivity index (χ1n) is 4.94. The van der Waals surface area contributed by atoms with E-state index in [-0.39, 0.29) is 18.4 Å². The molecule has 84 valence electrons. The third kappa shape index (κ3) is 4.95. The molecular formula is C12H14N2O2. The molecule has 0 aliphatic carbocycles. The van der Waals surface area contributed by atoms with Crippen molar-refractivity contribution in [2.24, 2.45) is 0 Å². The van der Waals surface area contributed by atoms with Crippen LogP contribution in [0.3, 0.4) is 0 Å². The lowest BCUT2D eigenvalue weighted by molar-refractivity contribution is -0.124. The molecule has 0 heterocycles. The average molecular weight is 218 g/mol. The Kier molecular flexibility index (Phi) is 4.79. The van der Waals surface area contributed by atoms with Crippen molar-refractivity contribution >= 4 is 17.9 Å². The van der Waals surface area contributed by atoms with E-state index in [0.29, 0.717) is 0 Å². The van der Waals surface area contributed by atoms with Crippen molar-refractivity contribution in [1.82, 2.24) is 10.6 Å². The molecule has 1 aromatic carbocycles. The van der Waals surface area contributed by atoms with Gasteiger partial charge in [-0.3, -0.25) is 9.59 Å². The van der Waals surface area contributed by atoms with Gasteiger partial charge in [0.05, 0.1) is 6.54 Å². The number of carbonyl (C=O) groups excluding carboxylic acids is 2. The van der Waals surface area contributed by atoms with Gasteiger partial charge < -0.3 is 10.6 Å². The maximum atomic E-state index is 11.2. The van der Waals surface area contributed by atoms with Gasteiger partial charge in [-0.15, -0.1) is 0 Å². The Morgan fingerprint density at radius 2 is 1.94 bits per heavy atom. The van der Waals surface area contributed by atoms with Gasteiger partial charge in [0.1, 0.15) is 0 Å². The van der Waals surface area contributed by atoms with Crippen LogP contribution in [0.25, 0.3) is 6.08 Å². The molecule has 0 aromatic heterocycles. The van der Waals surface area contributed by atoms with E-state index in [0.717, 1.165) is 5.56 Å². The Bertz CT molecular complexity index is 385. The largest absolute Gasteiger partial charge is 0.347 e. The Morgan fingerprint density at radius 1 is 1.25 bits per heavy atom. The normalized spacial score (nSPS) is 10.1. The van der Waals surface area contributed by atoms with Gasteiger partial charge in [-0.05, 0) is 11.6 Å². The summed E-state index contributed by atoms with van der Waals surface area (Å²) in [7, 11) is 0. The first-order valence-corrected chi connectivity index (χ1v) is 4.94. The molecule has 1 rings (SSSR count). The van der Waals surface area contributed by atoms with Gasteiger partial charge in [0, 0.05) is 13.1 Å². The van der Waals surface area contributed by atoms with Crippen LogP contribution in [0.2, 0.25) is 0 Å². The van der Waals surface area contributed by atoms with E-state index in [1.807, 2.05) is 30.3 Å². The van der Waals surface area contributed by atoms with Crippen LogP contribution in [0.5, 0.6) is 0 Å². The topological polar surface area (TPSA) is 58.2 Å². The second-order valence-electron chi connectivity index (χ2n) is 3.22. The van der Waals surface area contributed by atoms with Crippen LogP contribution in [0.1, 0.15) is 12.5 Å². The fraction of sp³-hybridized carbons (Fsp3) is 0.167. The molecule has 0 bridgehead atoms. The van der Waals surface area contributed by atoms with Crippen molar-refractivity contribution in [3.8, 4) is 0 Å². The number of carbonyl (C=O) groups is 2. The van der Waals surface area contributed by atoms with Gasteiger partial charge in [0.15, 0.2) is 0 Å². The number of hydrogen-bond acceptors (Lipinski definition) is 2. The highest BCUT2D eigenvalue weighted by Gasteiger charge is 1.98. The van der Waals surface area contributed by atoms with E-state index in [9.17, 15) is 9.59 Å². The second-order valence-corrected chi connectivity index (χ2v) is 3.22. The molecule has 0 aliphatic rings. The maximum absolute atomic E-state index is 11.2. The van der Waals surface area contributed by atoms with Gasteiger partial charge >= 0.3 is 0 Å². The second kappa shape index (κ2) is 6.40. The Hall–Kier alpha value is -2.10. The van der Waals surface area contributed by atoms with Crippen molar-refractivity contribution < 1.29 is 9.59 Å². The first kappa shape index (κ1) is 12.0. The van der Waals surface area contributed by atoms with E-state index >= 15 is 0 Å². The quantitative estimate of drug-likeness (QED) is 0.789. The molecule has 0 saturated carbocycles. The minimum absolute atomic E-state index is 0.00549. The van der Waals surface area contributed by atoms with Crippen LogP contribution in [0, 0.1) is 0 Å². The van der Waals surface area contributed by atoms with E-state index in [1.165, 1.54) is 6.92 Å². The summed E-state index contributed by atoms with van der Waals surface area (Å²) in [6.07, 6.45) is 3.34. The van der Waals surface area contributed by atoms with E-state index in [4.69, 9.17) is 0 Å². The fourth-order valence-electron chi connectivity index (χ4n) is 1.05. The molecular weight excluding hydrogens is 204 g/mol. The standard InChI is InChI=1S/C12H14N2O2/c1-10(15)14-9-12(16)13-8-7-11-5-3-2-4-6-11/h2-8H,9H2,1H3,(H,13,16)(H,14,15)/b8-7-. The first-order chi connectivity index (χ1) is 7.68. The molecule has 0 unspecified atom stereocenters. The number of amides is 2. The monoisotopic (exact) mass is 218 g/mol. The van der Waals surface area contributed by atoms with Crippen molar-refractivity contribution in [3.05, 3.63) is 42.1 Å². The molecule has 0 fully saturated rings. The molecule has 1 aromatic rings. The molecule has 4 nitrogen and oxygen atoms in total. The minimum atomic E-state index is -0.248.